The molecule has 36 heavy (non-hydrogen) atoms. The van der Waals surface area contributed by atoms with Gasteiger partial charge in [-0.25, -0.2) is 21.9 Å². The van der Waals surface area contributed by atoms with Crippen molar-refractivity contribution in [1.29, 1.82) is 0 Å². The van der Waals surface area contributed by atoms with Crippen molar-refractivity contribution < 1.29 is 21.9 Å². The van der Waals surface area contributed by atoms with Gasteiger partial charge in [0.2, 0.25) is 5.95 Å². The second-order valence-electron chi connectivity index (χ2n) is 9.51. The molecule has 3 fully saturated rings. The second-order valence-corrected chi connectivity index (χ2v) is 11.7. The topological polar surface area (TPSA) is 105 Å². The van der Waals surface area contributed by atoms with E-state index in [1.165, 1.54) is 16.8 Å². The van der Waals surface area contributed by atoms with Crippen LogP contribution in [0.4, 0.5) is 20.5 Å². The van der Waals surface area contributed by atoms with Crippen LogP contribution in [-0.4, -0.2) is 96.0 Å². The zero-order valence-electron chi connectivity index (χ0n) is 19.6. The Labute approximate surface area is 207 Å². The summed E-state index contributed by atoms with van der Waals surface area (Å²) < 4.78 is 57.6. The maximum atomic E-state index is 13.3. The molecule has 3 aliphatic rings. The van der Waals surface area contributed by atoms with Crippen molar-refractivity contribution in [3.8, 4) is 5.69 Å². The molecule has 3 aromatic rings. The Balaban J connectivity index is 1.35. The molecule has 3 aliphatic heterocycles. The van der Waals surface area contributed by atoms with Gasteiger partial charge in [-0.3, -0.25) is 4.90 Å². The molecular formula is C23H27F2N7O3S. The number of nitrogens with one attached hydrogen (secondary N) is 1. The number of hydrogen-bond acceptors (Lipinski definition) is 9. The van der Waals surface area contributed by atoms with E-state index in [9.17, 15) is 17.2 Å². The number of halogens is 2. The molecule has 3 saturated heterocycles. The number of nitrogens with zero attached hydrogens (tertiary/aromatic N) is 6. The van der Waals surface area contributed by atoms with Gasteiger partial charge in [0.05, 0.1) is 42.0 Å². The zero-order valence-corrected chi connectivity index (χ0v) is 20.4. The number of benzene rings is 1. The molecule has 0 radical (unpaired) electrons. The molecule has 1 atom stereocenters. The fourth-order valence-electron chi connectivity index (χ4n) is 5.07. The van der Waals surface area contributed by atoms with Crippen LogP contribution in [0.1, 0.15) is 18.4 Å². The summed E-state index contributed by atoms with van der Waals surface area (Å²) in [4.78, 5) is 14.0. The molecule has 6 rings (SSSR count). The third-order valence-corrected chi connectivity index (χ3v) is 8.83. The summed E-state index contributed by atoms with van der Waals surface area (Å²) >= 11 is 0. The first-order valence-electron chi connectivity index (χ1n) is 12.0. The molecule has 0 aliphatic carbocycles. The van der Waals surface area contributed by atoms with Crippen LogP contribution in [-0.2, 0) is 14.6 Å². The Morgan fingerprint density at radius 2 is 1.94 bits per heavy atom. The molecule has 0 amide bonds. The highest BCUT2D eigenvalue weighted by Crippen LogP contribution is 2.32. The van der Waals surface area contributed by atoms with Crippen molar-refractivity contribution in [2.24, 2.45) is 0 Å². The molecule has 0 bridgehead atoms. The Morgan fingerprint density at radius 1 is 1.14 bits per heavy atom. The lowest BCUT2D eigenvalue weighted by Gasteiger charge is -2.47. The normalized spacial score (nSPS) is 22.9. The summed E-state index contributed by atoms with van der Waals surface area (Å²) in [6.45, 7) is 4.84. The summed E-state index contributed by atoms with van der Waals surface area (Å²) in [7, 11) is -3.08. The van der Waals surface area contributed by atoms with Crippen molar-refractivity contribution >= 4 is 32.6 Å². The molecule has 13 heteroatoms. The van der Waals surface area contributed by atoms with E-state index in [4.69, 9.17) is 9.72 Å². The fraction of sp³-hybridized carbons (Fsp3) is 0.522. The highest BCUT2D eigenvalue weighted by atomic mass is 32.2. The van der Waals surface area contributed by atoms with Gasteiger partial charge in [0.15, 0.2) is 15.5 Å². The minimum Gasteiger partial charge on any atom is -0.379 e. The summed E-state index contributed by atoms with van der Waals surface area (Å²) in [5.41, 5.74) is 0.845. The number of sulfone groups is 1. The van der Waals surface area contributed by atoms with Gasteiger partial charge in [-0.05, 0) is 18.6 Å². The lowest BCUT2D eigenvalue weighted by molar-refractivity contribution is 0.0105. The number of ether oxygens (including phenoxy) is 1. The molecule has 0 spiro atoms. The first-order valence-corrected chi connectivity index (χ1v) is 13.9. The summed E-state index contributed by atoms with van der Waals surface area (Å²) in [6, 6.07) is 6.16. The van der Waals surface area contributed by atoms with Crippen molar-refractivity contribution in [3.05, 3.63) is 36.0 Å². The predicted molar refractivity (Wildman–Crippen MR) is 131 cm³/mol. The fourth-order valence-corrected chi connectivity index (χ4v) is 6.75. The van der Waals surface area contributed by atoms with Crippen molar-refractivity contribution in [1.82, 2.24) is 24.6 Å². The van der Waals surface area contributed by atoms with Crippen LogP contribution in [0.3, 0.4) is 0 Å². The van der Waals surface area contributed by atoms with Crippen molar-refractivity contribution in [2.45, 2.75) is 24.9 Å². The van der Waals surface area contributed by atoms with E-state index in [0.29, 0.717) is 40.9 Å². The number of aromatic nitrogens is 4. The van der Waals surface area contributed by atoms with E-state index in [1.807, 2.05) is 0 Å². The van der Waals surface area contributed by atoms with Gasteiger partial charge in [0, 0.05) is 43.8 Å². The monoisotopic (exact) mass is 519 g/mol. The van der Waals surface area contributed by atoms with E-state index in [0.717, 1.165) is 39.4 Å². The Hall–Kier alpha value is -2.90. The first-order chi connectivity index (χ1) is 17.4. The van der Waals surface area contributed by atoms with E-state index in [1.54, 1.807) is 18.3 Å². The average Bonchev–Trinajstić information content (AvgIpc) is 3.41. The lowest BCUT2D eigenvalue weighted by atomic mass is 10.1. The average molecular weight is 520 g/mol. The van der Waals surface area contributed by atoms with Crippen LogP contribution < -0.4 is 10.2 Å². The van der Waals surface area contributed by atoms with Crippen LogP contribution in [0, 0.1) is 0 Å². The van der Waals surface area contributed by atoms with Gasteiger partial charge in [-0.2, -0.15) is 15.1 Å². The van der Waals surface area contributed by atoms with E-state index >= 15 is 0 Å². The molecule has 1 aromatic carbocycles. The number of hydrogen-bond donors (Lipinski definition) is 1. The number of anilines is 2. The lowest BCUT2D eigenvalue weighted by Crippen LogP contribution is -2.61. The summed E-state index contributed by atoms with van der Waals surface area (Å²) in [6.07, 6.45) is -0.458. The smallest absolute Gasteiger partial charge is 0.263 e. The van der Waals surface area contributed by atoms with Gasteiger partial charge < -0.3 is 15.0 Å². The molecule has 0 unspecified atom stereocenters. The van der Waals surface area contributed by atoms with E-state index in [2.05, 4.69) is 25.2 Å². The molecule has 0 saturated carbocycles. The number of alkyl halides is 2. The Kier molecular flexibility index (Phi) is 6.00. The van der Waals surface area contributed by atoms with E-state index < -0.39 is 16.3 Å². The summed E-state index contributed by atoms with van der Waals surface area (Å²) in [5, 5.41) is 8.36. The molecule has 2 aromatic heterocycles. The third kappa shape index (κ3) is 4.50. The molecule has 10 nitrogen and oxygen atoms in total. The molecular weight excluding hydrogens is 492 g/mol. The van der Waals surface area contributed by atoms with E-state index in [-0.39, 0.29) is 23.1 Å². The molecule has 1 N–H and O–H groups in total. The van der Waals surface area contributed by atoms with Crippen LogP contribution in [0.15, 0.2) is 30.5 Å². The maximum Gasteiger partial charge on any atom is 0.263 e. The largest absolute Gasteiger partial charge is 0.379 e. The zero-order chi connectivity index (χ0) is 24.9. The number of rotatable bonds is 6. The standard InChI is InChI=1S/C23H27F2N7O3S/c24-20(25)15-2-1-3-17(10-15)32-22-19(11-26-32)21(31-12-18(13-31)30-5-7-35-8-6-30)28-23(29-22)27-16-4-9-36(33,34)14-16/h1-3,10-11,16,18,20H,4-9,12-14H2,(H,27,28,29)/t16-/m0/s1. The SMILES string of the molecule is O=S1(=O)CC[C@H](Nc2nc(N3CC(N4CCOCC4)C3)c3cnn(-c4cccc(C(F)F)c4)c3n2)C1. The maximum absolute atomic E-state index is 13.3. The molecule has 5 heterocycles. The van der Waals surface area contributed by atoms with Gasteiger partial charge >= 0.3 is 0 Å². The van der Waals surface area contributed by atoms with Crippen molar-refractivity contribution in [3.63, 3.8) is 0 Å². The van der Waals surface area contributed by atoms with Gasteiger partial charge in [-0.15, -0.1) is 0 Å². The Morgan fingerprint density at radius 3 is 2.67 bits per heavy atom. The van der Waals surface area contributed by atoms with Gasteiger partial charge in [0.25, 0.3) is 6.43 Å². The first kappa shape index (κ1) is 23.5. The second kappa shape index (κ2) is 9.20. The Bertz CT molecular complexity index is 1370. The molecule has 192 valence electrons. The third-order valence-electron chi connectivity index (χ3n) is 7.06. The van der Waals surface area contributed by atoms with Crippen molar-refractivity contribution in [2.75, 3.05) is 61.1 Å². The number of fused-ring (bicyclic) bond motifs is 1. The van der Waals surface area contributed by atoms with Crippen LogP contribution in [0.25, 0.3) is 16.7 Å². The summed E-state index contributed by atoms with van der Waals surface area (Å²) in [5.74, 6) is 1.17. The van der Waals surface area contributed by atoms with Gasteiger partial charge in [0.1, 0.15) is 5.82 Å². The van der Waals surface area contributed by atoms with Crippen LogP contribution >= 0.6 is 0 Å². The van der Waals surface area contributed by atoms with Crippen LogP contribution in [0.2, 0.25) is 0 Å². The minimum absolute atomic E-state index is 0.0300. The minimum atomic E-state index is -3.08. The predicted octanol–water partition coefficient (Wildman–Crippen LogP) is 1.87. The van der Waals surface area contributed by atoms with Crippen LogP contribution in [0.5, 0.6) is 0 Å². The highest BCUT2D eigenvalue weighted by molar-refractivity contribution is 7.91. The van der Waals surface area contributed by atoms with Gasteiger partial charge in [-0.1, -0.05) is 12.1 Å². The highest BCUT2D eigenvalue weighted by Gasteiger charge is 2.35. The quantitative estimate of drug-likeness (QED) is 0.523. The number of morpholine rings is 1.